The zero-order valence-corrected chi connectivity index (χ0v) is 25.7. The third-order valence-electron chi connectivity index (χ3n) is 7.04. The minimum absolute atomic E-state index is 0.0179. The van der Waals surface area contributed by atoms with Gasteiger partial charge in [0.25, 0.3) is 11.8 Å². The Hall–Kier alpha value is -3.24. The summed E-state index contributed by atoms with van der Waals surface area (Å²) in [6.45, 7) is 5.67. The minimum Gasteiger partial charge on any atom is -0.394 e. The van der Waals surface area contributed by atoms with Gasteiger partial charge in [-0.2, -0.15) is 0 Å². The van der Waals surface area contributed by atoms with Crippen molar-refractivity contribution in [1.82, 2.24) is 15.5 Å². The van der Waals surface area contributed by atoms with Gasteiger partial charge in [0.2, 0.25) is 0 Å². The maximum atomic E-state index is 12.5. The molecule has 1 fully saturated rings. The highest BCUT2D eigenvalue weighted by Crippen LogP contribution is 2.27. The van der Waals surface area contributed by atoms with E-state index < -0.39 is 24.3 Å². The van der Waals surface area contributed by atoms with Crippen molar-refractivity contribution >= 4 is 29.2 Å². The fourth-order valence-electron chi connectivity index (χ4n) is 4.56. The Morgan fingerprint density at radius 3 is 2.43 bits per heavy atom. The van der Waals surface area contributed by atoms with Crippen LogP contribution in [0.1, 0.15) is 65.7 Å². The average molecular weight is 632 g/mol. The molecule has 0 spiro atoms. The van der Waals surface area contributed by atoms with Crippen molar-refractivity contribution in [2.45, 2.75) is 63.4 Å². The molecule has 2 amide bonds. The van der Waals surface area contributed by atoms with Crippen LogP contribution in [-0.4, -0.2) is 96.6 Å². The summed E-state index contributed by atoms with van der Waals surface area (Å²) in [7, 11) is 0. The maximum Gasteiger partial charge on any atom is 0.266 e. The first-order valence-corrected chi connectivity index (χ1v) is 15.4. The normalized spacial score (nSPS) is 19.7. The van der Waals surface area contributed by atoms with Gasteiger partial charge in [0, 0.05) is 49.3 Å². The molecule has 0 aromatic heterocycles. The van der Waals surface area contributed by atoms with Crippen LogP contribution in [0.15, 0.2) is 48.4 Å². The fourth-order valence-corrected chi connectivity index (χ4v) is 4.75. The Morgan fingerprint density at radius 2 is 1.75 bits per heavy atom. The molecular weight excluding hydrogens is 590 g/mol. The van der Waals surface area contributed by atoms with E-state index in [9.17, 15) is 24.6 Å². The molecule has 0 bridgehead atoms. The van der Waals surface area contributed by atoms with E-state index in [2.05, 4.69) is 29.1 Å². The number of benzene rings is 1. The first-order chi connectivity index (χ1) is 21.3. The molecule has 0 aliphatic carbocycles. The molecule has 4 N–H and O–H groups in total. The molecule has 44 heavy (non-hydrogen) atoms. The molecule has 2 aliphatic rings. The van der Waals surface area contributed by atoms with Gasteiger partial charge in [0.1, 0.15) is 23.7 Å². The molecule has 1 unspecified atom stereocenters. The molecule has 240 valence electrons. The molecule has 12 heteroatoms. The van der Waals surface area contributed by atoms with Crippen molar-refractivity contribution in [3.63, 3.8) is 0 Å². The number of unbranched alkanes of at least 4 members (excludes halogenated alkanes) is 3. The minimum atomic E-state index is -0.844. The first-order valence-electron chi connectivity index (χ1n) is 14.9. The van der Waals surface area contributed by atoms with Gasteiger partial charge in [-0.05, 0) is 31.4 Å². The number of Topliss-reactive ketones (excluding diaryl/α,β-unsaturated/α-hetero) is 1. The van der Waals surface area contributed by atoms with Crippen molar-refractivity contribution in [1.29, 1.82) is 0 Å². The van der Waals surface area contributed by atoms with E-state index in [0.717, 1.165) is 32.3 Å². The van der Waals surface area contributed by atoms with E-state index in [1.165, 1.54) is 6.20 Å². The standard InChI is InChI=1S/C32H42ClN3O8/c1-23-35-32(41)26(21-36(23)30-20-28(39)29(22-37)44-30)8-6-15-34-31(40)25-12-10-24(11-13-25)27(38)9-7-17-43-19-18-42-16-5-3-2-4-14-33/h10-13,21,28-30,37,39H,1-5,7,9,14-20,22H2,(H,34,40)(H,35,41)/t28?,29-,30-/m1/s1. The zero-order valence-electron chi connectivity index (χ0n) is 24.9. The van der Waals surface area contributed by atoms with Gasteiger partial charge < -0.3 is 40.0 Å². The van der Waals surface area contributed by atoms with E-state index in [0.29, 0.717) is 49.7 Å². The smallest absolute Gasteiger partial charge is 0.266 e. The Balaban J connectivity index is 1.35. The van der Waals surface area contributed by atoms with Crippen molar-refractivity contribution in [3.8, 4) is 11.8 Å². The van der Waals surface area contributed by atoms with Crippen LogP contribution in [0.25, 0.3) is 0 Å². The van der Waals surface area contributed by atoms with Gasteiger partial charge in [0.15, 0.2) is 5.78 Å². The highest BCUT2D eigenvalue weighted by atomic mass is 35.5. The molecule has 11 nitrogen and oxygen atoms in total. The molecule has 3 atom stereocenters. The summed E-state index contributed by atoms with van der Waals surface area (Å²) in [5, 5.41) is 24.6. The van der Waals surface area contributed by atoms with E-state index in [1.807, 2.05) is 0 Å². The molecule has 0 saturated carbocycles. The Bertz CT molecular complexity index is 1210. The lowest BCUT2D eigenvalue weighted by Crippen LogP contribution is -2.43. The SMILES string of the molecule is C=C1NC(=O)C(C#CCNC(=O)c2ccc(C(=O)CCCOCCOCCCCCCCl)cc2)=CN1[C@H]1CC(O)[C@@H](CO)O1. The number of halogens is 1. The van der Waals surface area contributed by atoms with Gasteiger partial charge in [-0.3, -0.25) is 14.4 Å². The number of aliphatic hydroxyl groups is 2. The summed E-state index contributed by atoms with van der Waals surface area (Å²) in [6.07, 6.45) is 4.74. The second-order valence-corrected chi connectivity index (χ2v) is 10.8. The van der Waals surface area contributed by atoms with Crippen LogP contribution in [0, 0.1) is 11.8 Å². The van der Waals surface area contributed by atoms with Crippen LogP contribution in [0.2, 0.25) is 0 Å². The molecule has 2 heterocycles. The predicted molar refractivity (Wildman–Crippen MR) is 165 cm³/mol. The lowest BCUT2D eigenvalue weighted by Gasteiger charge is -2.32. The van der Waals surface area contributed by atoms with Crippen LogP contribution in [0.3, 0.4) is 0 Å². The number of rotatable bonds is 18. The van der Waals surface area contributed by atoms with Gasteiger partial charge >= 0.3 is 0 Å². The number of ether oxygens (including phenoxy) is 3. The Morgan fingerprint density at radius 1 is 1.07 bits per heavy atom. The summed E-state index contributed by atoms with van der Waals surface area (Å²) < 4.78 is 16.7. The number of nitrogens with one attached hydrogen (secondary N) is 2. The van der Waals surface area contributed by atoms with E-state index in [1.54, 1.807) is 29.2 Å². The second-order valence-electron chi connectivity index (χ2n) is 10.4. The van der Waals surface area contributed by atoms with Crippen LogP contribution in [0.5, 0.6) is 0 Å². The van der Waals surface area contributed by atoms with Crippen molar-refractivity contribution in [2.24, 2.45) is 0 Å². The molecule has 1 saturated heterocycles. The van der Waals surface area contributed by atoms with E-state index in [-0.39, 0.29) is 42.7 Å². The first kappa shape index (κ1) is 35.2. The molecule has 0 radical (unpaired) electrons. The van der Waals surface area contributed by atoms with E-state index in [4.69, 9.17) is 25.8 Å². The number of ketones is 1. The number of nitrogens with zero attached hydrogens (tertiary/aromatic N) is 1. The van der Waals surface area contributed by atoms with Crippen LogP contribution >= 0.6 is 11.6 Å². The largest absolute Gasteiger partial charge is 0.394 e. The Labute approximate surface area is 263 Å². The molecule has 1 aromatic rings. The van der Waals surface area contributed by atoms with Gasteiger partial charge in [-0.25, -0.2) is 0 Å². The van der Waals surface area contributed by atoms with Gasteiger partial charge in [-0.15, -0.1) is 11.6 Å². The quantitative estimate of drug-likeness (QED) is 0.0830. The third kappa shape index (κ3) is 11.4. The van der Waals surface area contributed by atoms with Crippen molar-refractivity contribution < 1.29 is 38.8 Å². The maximum absolute atomic E-state index is 12.5. The number of aliphatic hydroxyl groups excluding tert-OH is 2. The molecule has 3 rings (SSSR count). The average Bonchev–Trinajstić information content (AvgIpc) is 3.40. The predicted octanol–water partition coefficient (Wildman–Crippen LogP) is 2.47. The lowest BCUT2D eigenvalue weighted by atomic mass is 10.0. The highest BCUT2D eigenvalue weighted by Gasteiger charge is 2.38. The van der Waals surface area contributed by atoms with Crippen molar-refractivity contribution in [2.75, 3.05) is 45.5 Å². The molecule has 1 aromatic carbocycles. The number of amides is 2. The monoisotopic (exact) mass is 631 g/mol. The highest BCUT2D eigenvalue weighted by molar-refractivity contribution is 6.17. The number of carbonyl (C=O) groups is 3. The summed E-state index contributed by atoms with van der Waals surface area (Å²) in [6, 6.07) is 6.39. The number of carbonyl (C=O) groups excluding carboxylic acids is 3. The summed E-state index contributed by atoms with van der Waals surface area (Å²) in [5.41, 5.74) is 1.02. The summed E-state index contributed by atoms with van der Waals surface area (Å²) >= 11 is 5.65. The Kier molecular flexibility index (Phi) is 15.4. The second kappa shape index (κ2) is 19.2. The summed E-state index contributed by atoms with van der Waals surface area (Å²) in [4.78, 5) is 38.9. The zero-order chi connectivity index (χ0) is 31.7. The number of hydrogen-bond acceptors (Lipinski definition) is 9. The van der Waals surface area contributed by atoms with Gasteiger partial charge in [0.05, 0.1) is 32.5 Å². The number of hydrogen-bond donors (Lipinski definition) is 4. The molecule has 2 aliphatic heterocycles. The third-order valence-corrected chi connectivity index (χ3v) is 7.31. The molecular formula is C32H42ClN3O8. The summed E-state index contributed by atoms with van der Waals surface area (Å²) in [5.74, 6) is 5.60. The van der Waals surface area contributed by atoms with E-state index >= 15 is 0 Å². The lowest BCUT2D eigenvalue weighted by molar-refractivity contribution is -0.118. The van der Waals surface area contributed by atoms with Crippen LogP contribution in [0.4, 0.5) is 0 Å². The van der Waals surface area contributed by atoms with Gasteiger partial charge in [-0.1, -0.05) is 43.4 Å². The topological polar surface area (TPSA) is 147 Å². The van der Waals surface area contributed by atoms with Crippen LogP contribution < -0.4 is 10.6 Å². The van der Waals surface area contributed by atoms with Crippen LogP contribution in [-0.2, 0) is 19.0 Å². The van der Waals surface area contributed by atoms with Crippen molar-refractivity contribution in [3.05, 3.63) is 59.6 Å². The fraction of sp³-hybridized carbons (Fsp3) is 0.531. The number of alkyl halides is 1.